The number of rotatable bonds is 4. The Labute approximate surface area is 133 Å². The summed E-state index contributed by atoms with van der Waals surface area (Å²) in [6, 6.07) is 3.67. The summed E-state index contributed by atoms with van der Waals surface area (Å²) >= 11 is 6.41. The van der Waals surface area contributed by atoms with E-state index in [0.717, 1.165) is 12.3 Å². The summed E-state index contributed by atoms with van der Waals surface area (Å²) in [6.07, 6.45) is -1.92. The molecule has 22 heavy (non-hydrogen) atoms. The number of nitrogens with zero attached hydrogens (tertiary/aromatic N) is 2. The predicted octanol–water partition coefficient (Wildman–Crippen LogP) is 2.78. The molecule has 0 bridgehead atoms. The third-order valence-corrected chi connectivity index (χ3v) is 4.71. The molecular formula is C11H8ClF2N3O3S2. The van der Waals surface area contributed by atoms with Crippen LogP contribution in [0.15, 0.2) is 23.1 Å². The van der Waals surface area contributed by atoms with Gasteiger partial charge >= 0.3 is 0 Å². The van der Waals surface area contributed by atoms with Crippen LogP contribution in [0, 0.1) is 0 Å². The molecule has 1 heterocycles. The average Bonchev–Trinajstić information content (AvgIpc) is 2.89. The van der Waals surface area contributed by atoms with Crippen molar-refractivity contribution in [2.45, 2.75) is 11.3 Å². The van der Waals surface area contributed by atoms with Crippen LogP contribution in [-0.2, 0) is 9.84 Å². The van der Waals surface area contributed by atoms with Crippen molar-refractivity contribution in [3.05, 3.63) is 33.8 Å². The van der Waals surface area contributed by atoms with E-state index in [0.29, 0.717) is 11.5 Å². The maximum atomic E-state index is 12.7. The fourth-order valence-electron chi connectivity index (χ4n) is 1.50. The normalized spacial score (nSPS) is 11.7. The smallest absolute Gasteiger partial charge is 0.283 e. The van der Waals surface area contributed by atoms with E-state index >= 15 is 0 Å². The number of sulfone groups is 1. The fourth-order valence-corrected chi connectivity index (χ4v) is 3.01. The second-order valence-electron chi connectivity index (χ2n) is 4.16. The minimum atomic E-state index is -3.45. The topological polar surface area (TPSA) is 89.0 Å². The SMILES string of the molecule is CS(=O)(=O)c1ccc(NC(=O)c2snnc2C(F)F)c(Cl)c1. The van der Waals surface area contributed by atoms with Gasteiger partial charge in [-0.2, -0.15) is 0 Å². The maximum absolute atomic E-state index is 12.7. The third-order valence-electron chi connectivity index (χ3n) is 2.54. The van der Waals surface area contributed by atoms with E-state index in [-0.39, 0.29) is 20.5 Å². The number of aromatic nitrogens is 2. The number of halogens is 3. The molecule has 0 aliphatic rings. The summed E-state index contributed by atoms with van der Waals surface area (Å²) in [7, 11) is -3.45. The zero-order chi connectivity index (χ0) is 16.5. The Morgan fingerprint density at radius 3 is 2.64 bits per heavy atom. The lowest BCUT2D eigenvalue weighted by Crippen LogP contribution is -2.13. The van der Waals surface area contributed by atoms with Crippen LogP contribution in [0.25, 0.3) is 0 Å². The van der Waals surface area contributed by atoms with Crippen molar-refractivity contribution in [1.82, 2.24) is 9.59 Å². The Hall–Kier alpha value is -1.65. The lowest BCUT2D eigenvalue weighted by molar-refractivity contribution is 0.101. The Morgan fingerprint density at radius 2 is 2.09 bits per heavy atom. The maximum Gasteiger partial charge on any atom is 0.283 e. The van der Waals surface area contributed by atoms with Gasteiger partial charge in [0.05, 0.1) is 15.6 Å². The Balaban J connectivity index is 2.28. The fraction of sp³-hybridized carbons (Fsp3) is 0.182. The van der Waals surface area contributed by atoms with Crippen molar-refractivity contribution < 1.29 is 22.0 Å². The van der Waals surface area contributed by atoms with Gasteiger partial charge in [0, 0.05) is 6.26 Å². The molecule has 0 saturated heterocycles. The second-order valence-corrected chi connectivity index (χ2v) is 7.33. The highest BCUT2D eigenvalue weighted by atomic mass is 35.5. The lowest BCUT2D eigenvalue weighted by atomic mass is 10.3. The van der Waals surface area contributed by atoms with Crippen molar-refractivity contribution in [1.29, 1.82) is 0 Å². The Kier molecular flexibility index (Phi) is 4.73. The van der Waals surface area contributed by atoms with Gasteiger partial charge in [0.1, 0.15) is 4.88 Å². The molecule has 0 fully saturated rings. The molecule has 11 heteroatoms. The predicted molar refractivity (Wildman–Crippen MR) is 77.4 cm³/mol. The minimum Gasteiger partial charge on any atom is -0.320 e. The first-order valence-electron chi connectivity index (χ1n) is 5.61. The minimum absolute atomic E-state index is 0.0248. The molecule has 0 saturated carbocycles. The molecule has 0 radical (unpaired) electrons. The van der Waals surface area contributed by atoms with Crippen LogP contribution in [0.1, 0.15) is 21.8 Å². The summed E-state index contributed by atoms with van der Waals surface area (Å²) in [4.78, 5) is 11.6. The monoisotopic (exact) mass is 367 g/mol. The first kappa shape index (κ1) is 16.7. The van der Waals surface area contributed by atoms with Gasteiger partial charge in [0.2, 0.25) is 0 Å². The average molecular weight is 368 g/mol. The van der Waals surface area contributed by atoms with Gasteiger partial charge in [-0.15, -0.1) is 5.10 Å². The summed E-state index contributed by atoms with van der Waals surface area (Å²) in [5, 5.41) is 5.48. The molecular weight excluding hydrogens is 360 g/mol. The number of amides is 1. The molecule has 1 aromatic carbocycles. The highest BCUT2D eigenvalue weighted by Crippen LogP contribution is 2.28. The summed E-state index contributed by atoms with van der Waals surface area (Å²) < 4.78 is 51.4. The summed E-state index contributed by atoms with van der Waals surface area (Å²) in [5.74, 6) is -0.848. The van der Waals surface area contributed by atoms with E-state index in [1.54, 1.807) is 0 Å². The van der Waals surface area contributed by atoms with E-state index in [1.165, 1.54) is 12.1 Å². The number of hydrogen-bond acceptors (Lipinski definition) is 6. The number of benzene rings is 1. The van der Waals surface area contributed by atoms with Crippen LogP contribution in [0.2, 0.25) is 5.02 Å². The van der Waals surface area contributed by atoms with Gasteiger partial charge in [-0.1, -0.05) is 16.1 Å². The first-order chi connectivity index (χ1) is 10.2. The van der Waals surface area contributed by atoms with E-state index in [1.807, 2.05) is 0 Å². The quantitative estimate of drug-likeness (QED) is 0.897. The molecule has 118 valence electrons. The van der Waals surface area contributed by atoms with E-state index < -0.39 is 27.9 Å². The highest BCUT2D eigenvalue weighted by molar-refractivity contribution is 7.90. The van der Waals surface area contributed by atoms with Crippen molar-refractivity contribution in [3.8, 4) is 0 Å². The standard InChI is InChI=1S/C11H8ClF2N3O3S2/c1-22(19,20)5-2-3-7(6(12)4-5)15-11(18)9-8(10(13)14)16-17-21-9/h2-4,10H,1H3,(H,15,18). The second kappa shape index (κ2) is 6.23. The number of anilines is 1. The van der Waals surface area contributed by atoms with Crippen LogP contribution in [0.3, 0.4) is 0 Å². The van der Waals surface area contributed by atoms with Crippen molar-refractivity contribution in [2.24, 2.45) is 0 Å². The van der Waals surface area contributed by atoms with Crippen molar-refractivity contribution >= 4 is 44.6 Å². The van der Waals surface area contributed by atoms with Gasteiger partial charge in [0.25, 0.3) is 12.3 Å². The number of carbonyl (C=O) groups is 1. The van der Waals surface area contributed by atoms with Gasteiger partial charge in [-0.25, -0.2) is 17.2 Å². The first-order valence-corrected chi connectivity index (χ1v) is 8.66. The van der Waals surface area contributed by atoms with Crippen LogP contribution in [0.5, 0.6) is 0 Å². The molecule has 2 aromatic rings. The highest BCUT2D eigenvalue weighted by Gasteiger charge is 2.24. The Morgan fingerprint density at radius 1 is 1.41 bits per heavy atom. The van der Waals surface area contributed by atoms with Crippen molar-refractivity contribution in [2.75, 3.05) is 11.6 Å². The number of alkyl halides is 2. The van der Waals surface area contributed by atoms with Gasteiger partial charge < -0.3 is 5.32 Å². The largest absolute Gasteiger partial charge is 0.320 e. The zero-order valence-corrected chi connectivity index (χ0v) is 13.3. The molecule has 6 nitrogen and oxygen atoms in total. The molecule has 1 aromatic heterocycles. The molecule has 0 spiro atoms. The van der Waals surface area contributed by atoms with Crippen molar-refractivity contribution in [3.63, 3.8) is 0 Å². The third kappa shape index (κ3) is 3.57. The molecule has 0 atom stereocenters. The number of nitrogens with one attached hydrogen (secondary N) is 1. The number of carbonyl (C=O) groups excluding carboxylic acids is 1. The van der Waals surface area contributed by atoms with Gasteiger partial charge in [0.15, 0.2) is 15.5 Å². The molecule has 0 unspecified atom stereocenters. The molecule has 0 aliphatic carbocycles. The summed E-state index contributed by atoms with van der Waals surface area (Å²) in [6.45, 7) is 0. The molecule has 0 aliphatic heterocycles. The van der Waals surface area contributed by atoms with Crippen LogP contribution >= 0.6 is 23.1 Å². The van der Waals surface area contributed by atoms with E-state index in [9.17, 15) is 22.0 Å². The van der Waals surface area contributed by atoms with Gasteiger partial charge in [-0.05, 0) is 29.7 Å². The van der Waals surface area contributed by atoms with Crippen LogP contribution < -0.4 is 5.32 Å². The molecule has 1 amide bonds. The molecule has 2 rings (SSSR count). The van der Waals surface area contributed by atoms with E-state index in [4.69, 9.17) is 11.6 Å². The summed E-state index contributed by atoms with van der Waals surface area (Å²) in [5.41, 5.74) is -0.626. The number of hydrogen-bond donors (Lipinski definition) is 1. The lowest BCUT2D eigenvalue weighted by Gasteiger charge is -2.08. The Bertz CT molecular complexity index is 824. The van der Waals surface area contributed by atoms with Gasteiger partial charge in [-0.3, -0.25) is 4.79 Å². The molecule has 1 N–H and O–H groups in total. The zero-order valence-electron chi connectivity index (χ0n) is 10.9. The van der Waals surface area contributed by atoms with E-state index in [2.05, 4.69) is 14.9 Å². The van der Waals surface area contributed by atoms with Crippen LogP contribution in [-0.4, -0.2) is 30.2 Å². The van der Waals surface area contributed by atoms with Crippen LogP contribution in [0.4, 0.5) is 14.5 Å².